The van der Waals surface area contributed by atoms with Gasteiger partial charge in [0.25, 0.3) is 0 Å². The molecule has 2 amide bonds. The van der Waals surface area contributed by atoms with Crippen LogP contribution in [0.25, 0.3) is 0 Å². The van der Waals surface area contributed by atoms with E-state index >= 15 is 0 Å². The van der Waals surface area contributed by atoms with Crippen molar-refractivity contribution in [2.75, 3.05) is 38.7 Å². The van der Waals surface area contributed by atoms with E-state index in [0.717, 1.165) is 52.0 Å². The first-order valence-corrected chi connectivity index (χ1v) is 9.23. The van der Waals surface area contributed by atoms with Gasteiger partial charge in [-0.05, 0) is 43.9 Å². The molecule has 0 radical (unpaired) electrons. The Labute approximate surface area is 154 Å². The van der Waals surface area contributed by atoms with Crippen molar-refractivity contribution in [3.05, 3.63) is 29.8 Å². The van der Waals surface area contributed by atoms with E-state index in [0.29, 0.717) is 17.3 Å². The number of anilines is 1. The third-order valence-electron chi connectivity index (χ3n) is 5.11. The van der Waals surface area contributed by atoms with Crippen LogP contribution in [0.5, 0.6) is 0 Å². The zero-order chi connectivity index (χ0) is 18.4. The molecule has 1 aromatic carbocycles. The molecule has 2 aliphatic heterocycles. The summed E-state index contributed by atoms with van der Waals surface area (Å²) in [5.41, 5.74) is 0.986. The molecule has 0 unspecified atom stereocenters. The molecule has 2 saturated heterocycles. The van der Waals surface area contributed by atoms with E-state index in [2.05, 4.69) is 15.5 Å². The van der Waals surface area contributed by atoms with Crippen LogP contribution in [0.4, 0.5) is 10.5 Å². The summed E-state index contributed by atoms with van der Waals surface area (Å²) in [7, 11) is 1.34. The van der Waals surface area contributed by atoms with Crippen LogP contribution in [0.3, 0.4) is 0 Å². The summed E-state index contributed by atoms with van der Waals surface area (Å²) < 4.78 is 10.1. The van der Waals surface area contributed by atoms with Crippen LogP contribution >= 0.6 is 0 Å². The van der Waals surface area contributed by atoms with Crippen LogP contribution in [-0.4, -0.2) is 62.4 Å². The number of nitrogens with zero attached hydrogens (tertiary/aromatic N) is 1. The maximum atomic E-state index is 12.2. The third kappa shape index (κ3) is 4.95. The summed E-state index contributed by atoms with van der Waals surface area (Å²) in [6, 6.07) is 7.29. The lowest BCUT2D eigenvalue weighted by atomic mass is 10.00. The molecule has 2 aliphatic rings. The van der Waals surface area contributed by atoms with Crippen molar-refractivity contribution < 1.29 is 19.1 Å². The summed E-state index contributed by atoms with van der Waals surface area (Å²) >= 11 is 0. The first-order chi connectivity index (χ1) is 12.7. The van der Waals surface area contributed by atoms with E-state index in [-0.39, 0.29) is 12.1 Å². The Balaban J connectivity index is 1.45. The van der Waals surface area contributed by atoms with Gasteiger partial charge in [0.15, 0.2) is 0 Å². The number of amides is 2. The Hall–Kier alpha value is -2.12. The molecule has 0 saturated carbocycles. The number of carbonyl (C=O) groups excluding carboxylic acids is 2. The van der Waals surface area contributed by atoms with E-state index in [4.69, 9.17) is 9.47 Å². The van der Waals surface area contributed by atoms with Crippen molar-refractivity contribution in [2.24, 2.45) is 0 Å². The quantitative estimate of drug-likeness (QED) is 0.804. The van der Waals surface area contributed by atoms with Gasteiger partial charge in [-0.3, -0.25) is 0 Å². The molecule has 3 rings (SSSR count). The fourth-order valence-electron chi connectivity index (χ4n) is 3.65. The molecule has 0 bridgehead atoms. The monoisotopic (exact) mass is 361 g/mol. The minimum absolute atomic E-state index is 0.176. The van der Waals surface area contributed by atoms with Crippen LogP contribution < -0.4 is 10.6 Å². The van der Waals surface area contributed by atoms with Crippen molar-refractivity contribution in [1.82, 2.24) is 10.2 Å². The fraction of sp³-hybridized carbons (Fsp3) is 0.579. The molecule has 7 heteroatoms. The summed E-state index contributed by atoms with van der Waals surface area (Å²) in [5.74, 6) is -0.422. The minimum atomic E-state index is -0.422. The van der Waals surface area contributed by atoms with Gasteiger partial charge in [0.05, 0.1) is 12.7 Å². The molecule has 0 atom stereocenters. The number of benzene rings is 1. The Bertz CT molecular complexity index is 623. The van der Waals surface area contributed by atoms with E-state index in [1.54, 1.807) is 24.3 Å². The first kappa shape index (κ1) is 18.7. The number of piperidine rings is 1. The summed E-state index contributed by atoms with van der Waals surface area (Å²) in [6.45, 7) is 3.73. The second-order valence-corrected chi connectivity index (χ2v) is 6.82. The Kier molecular flexibility index (Phi) is 6.46. The number of ether oxygens (including phenoxy) is 2. The molecular weight excluding hydrogens is 334 g/mol. The highest BCUT2D eigenvalue weighted by Gasteiger charge is 2.27. The highest BCUT2D eigenvalue weighted by molar-refractivity contribution is 5.93. The number of rotatable bonds is 4. The number of urea groups is 1. The predicted octanol–water partition coefficient (Wildman–Crippen LogP) is 2.24. The molecule has 0 aromatic heterocycles. The minimum Gasteiger partial charge on any atom is -0.465 e. The second-order valence-electron chi connectivity index (χ2n) is 6.82. The number of likely N-dealkylation sites (tertiary alicyclic amines) is 1. The molecular formula is C19H27N3O4. The maximum Gasteiger partial charge on any atom is 0.337 e. The molecule has 26 heavy (non-hydrogen) atoms. The number of esters is 1. The van der Waals surface area contributed by atoms with Gasteiger partial charge in [-0.1, -0.05) is 6.07 Å². The van der Waals surface area contributed by atoms with Crippen molar-refractivity contribution in [3.8, 4) is 0 Å². The highest BCUT2D eigenvalue weighted by Crippen LogP contribution is 2.20. The topological polar surface area (TPSA) is 79.9 Å². The fourth-order valence-corrected chi connectivity index (χ4v) is 3.65. The van der Waals surface area contributed by atoms with Gasteiger partial charge in [0.1, 0.15) is 0 Å². The molecule has 2 fully saturated rings. The van der Waals surface area contributed by atoms with Crippen molar-refractivity contribution in [2.45, 2.75) is 37.8 Å². The summed E-state index contributed by atoms with van der Waals surface area (Å²) in [5, 5.41) is 5.83. The molecule has 0 spiro atoms. The lowest BCUT2D eigenvalue weighted by Gasteiger charge is -2.39. The normalized spacial score (nSPS) is 19.7. The van der Waals surface area contributed by atoms with Gasteiger partial charge < -0.3 is 25.0 Å². The molecule has 7 nitrogen and oxygen atoms in total. The van der Waals surface area contributed by atoms with Crippen molar-refractivity contribution in [3.63, 3.8) is 0 Å². The summed E-state index contributed by atoms with van der Waals surface area (Å²) in [6.07, 6.45) is 4.12. The largest absolute Gasteiger partial charge is 0.465 e. The van der Waals surface area contributed by atoms with Crippen molar-refractivity contribution in [1.29, 1.82) is 0 Å². The number of hydrogen-bond donors (Lipinski definition) is 2. The van der Waals surface area contributed by atoms with Crippen LogP contribution in [0.1, 0.15) is 36.0 Å². The summed E-state index contributed by atoms with van der Waals surface area (Å²) in [4.78, 5) is 26.3. The van der Waals surface area contributed by atoms with Crippen LogP contribution in [0.2, 0.25) is 0 Å². The Morgan fingerprint density at radius 1 is 1.15 bits per heavy atom. The Morgan fingerprint density at radius 2 is 1.88 bits per heavy atom. The number of carbonyl (C=O) groups is 2. The number of nitrogens with one attached hydrogen (secondary N) is 2. The van der Waals surface area contributed by atoms with E-state index in [1.165, 1.54) is 7.11 Å². The van der Waals surface area contributed by atoms with E-state index in [9.17, 15) is 9.59 Å². The maximum absolute atomic E-state index is 12.2. The van der Waals surface area contributed by atoms with Gasteiger partial charge in [-0.15, -0.1) is 0 Å². The average molecular weight is 361 g/mol. The standard InChI is InChI=1S/C19H27N3O4/c1-25-18(23)14-3-2-4-16(13-14)21-19(24)20-15-5-9-22(10-6-15)17-7-11-26-12-8-17/h2-4,13,15,17H,5-12H2,1H3,(H2,20,21,24). The van der Waals surface area contributed by atoms with Gasteiger partial charge in [0, 0.05) is 44.1 Å². The SMILES string of the molecule is COC(=O)c1cccc(NC(=O)NC2CCN(C3CCOCC3)CC2)c1. The lowest BCUT2D eigenvalue weighted by molar-refractivity contribution is 0.0244. The van der Waals surface area contributed by atoms with E-state index in [1.807, 2.05) is 0 Å². The Morgan fingerprint density at radius 3 is 2.58 bits per heavy atom. The molecule has 1 aromatic rings. The average Bonchev–Trinajstić information content (AvgIpc) is 2.68. The molecule has 2 N–H and O–H groups in total. The van der Waals surface area contributed by atoms with Gasteiger partial charge in [0.2, 0.25) is 0 Å². The lowest BCUT2D eigenvalue weighted by Crippen LogP contribution is -2.49. The zero-order valence-corrected chi connectivity index (χ0v) is 15.2. The van der Waals surface area contributed by atoms with E-state index < -0.39 is 5.97 Å². The number of hydrogen-bond acceptors (Lipinski definition) is 5. The third-order valence-corrected chi connectivity index (χ3v) is 5.11. The van der Waals surface area contributed by atoms with Crippen LogP contribution in [-0.2, 0) is 9.47 Å². The molecule has 2 heterocycles. The van der Waals surface area contributed by atoms with Crippen molar-refractivity contribution >= 4 is 17.7 Å². The molecule has 142 valence electrons. The first-order valence-electron chi connectivity index (χ1n) is 9.23. The number of methoxy groups -OCH3 is 1. The highest BCUT2D eigenvalue weighted by atomic mass is 16.5. The second kappa shape index (κ2) is 9.00. The van der Waals surface area contributed by atoms with Gasteiger partial charge in [-0.25, -0.2) is 9.59 Å². The predicted molar refractivity (Wildman–Crippen MR) is 98.4 cm³/mol. The molecule has 0 aliphatic carbocycles. The zero-order valence-electron chi connectivity index (χ0n) is 15.2. The smallest absolute Gasteiger partial charge is 0.337 e. The van der Waals surface area contributed by atoms with Crippen LogP contribution in [0, 0.1) is 0 Å². The van der Waals surface area contributed by atoms with Gasteiger partial charge in [-0.2, -0.15) is 0 Å². The van der Waals surface area contributed by atoms with Gasteiger partial charge >= 0.3 is 12.0 Å². The van der Waals surface area contributed by atoms with Crippen LogP contribution in [0.15, 0.2) is 24.3 Å².